The highest BCUT2D eigenvalue weighted by Crippen LogP contribution is 2.18. The van der Waals surface area contributed by atoms with Crippen LogP contribution in [0, 0.1) is 0 Å². The number of benzene rings is 1. The predicted molar refractivity (Wildman–Crippen MR) is 74.0 cm³/mol. The zero-order valence-corrected chi connectivity index (χ0v) is 11.3. The molecule has 1 fully saturated rings. The van der Waals surface area contributed by atoms with E-state index in [1.54, 1.807) is 12.0 Å². The molecule has 0 radical (unpaired) electrons. The second-order valence-corrected chi connectivity index (χ2v) is 4.80. The van der Waals surface area contributed by atoms with Crippen molar-refractivity contribution in [2.24, 2.45) is 5.73 Å². The summed E-state index contributed by atoms with van der Waals surface area (Å²) in [6.45, 7) is 2.41. The lowest BCUT2D eigenvalue weighted by Crippen LogP contribution is -2.47. The van der Waals surface area contributed by atoms with Gasteiger partial charge in [0, 0.05) is 12.6 Å². The third-order valence-electron chi connectivity index (χ3n) is 3.52. The molecule has 0 saturated carbocycles. The van der Waals surface area contributed by atoms with Gasteiger partial charge in [0.15, 0.2) is 0 Å². The molecule has 1 heterocycles. The van der Waals surface area contributed by atoms with Gasteiger partial charge in [0.25, 0.3) is 0 Å². The number of nitrogens with one attached hydrogen (secondary N) is 1. The summed E-state index contributed by atoms with van der Waals surface area (Å²) in [5, 5.41) is 3.29. The molecule has 1 aromatic rings. The van der Waals surface area contributed by atoms with Gasteiger partial charge in [-0.15, -0.1) is 0 Å². The Bertz CT molecular complexity index is 430. The molecule has 0 bridgehead atoms. The number of amides is 2. The zero-order valence-electron chi connectivity index (χ0n) is 11.3. The molecule has 5 nitrogen and oxygen atoms in total. The van der Waals surface area contributed by atoms with Gasteiger partial charge in [-0.2, -0.15) is 0 Å². The maximum absolute atomic E-state index is 11.7. The topological polar surface area (TPSA) is 67.6 Å². The summed E-state index contributed by atoms with van der Waals surface area (Å²) < 4.78 is 5.20. The van der Waals surface area contributed by atoms with Crippen molar-refractivity contribution in [1.82, 2.24) is 10.2 Å². The minimum Gasteiger partial charge on any atom is -0.497 e. The fourth-order valence-electron chi connectivity index (χ4n) is 2.47. The molecule has 104 valence electrons. The first-order valence-electron chi connectivity index (χ1n) is 6.60. The van der Waals surface area contributed by atoms with Gasteiger partial charge < -0.3 is 20.7 Å². The maximum atomic E-state index is 11.7. The molecule has 2 amide bonds. The van der Waals surface area contributed by atoms with E-state index in [1.807, 2.05) is 24.3 Å². The summed E-state index contributed by atoms with van der Waals surface area (Å²) >= 11 is 0. The van der Waals surface area contributed by atoms with Gasteiger partial charge in [-0.1, -0.05) is 12.1 Å². The summed E-state index contributed by atoms with van der Waals surface area (Å²) in [5.74, 6) is 0.798. The van der Waals surface area contributed by atoms with Crippen molar-refractivity contribution >= 4 is 6.03 Å². The summed E-state index contributed by atoms with van der Waals surface area (Å²) in [5.41, 5.74) is 6.56. The van der Waals surface area contributed by atoms with E-state index in [-0.39, 0.29) is 12.1 Å². The van der Waals surface area contributed by atoms with Crippen molar-refractivity contribution in [3.8, 4) is 5.75 Å². The van der Waals surface area contributed by atoms with E-state index in [0.717, 1.165) is 37.2 Å². The Kier molecular flexibility index (Phi) is 4.63. The molecule has 0 unspecified atom stereocenters. The van der Waals surface area contributed by atoms with E-state index in [1.165, 1.54) is 0 Å². The largest absolute Gasteiger partial charge is 0.497 e. The highest BCUT2D eigenvalue weighted by atomic mass is 16.5. The van der Waals surface area contributed by atoms with Crippen molar-refractivity contribution in [3.63, 3.8) is 0 Å². The number of piperidine rings is 1. The number of carbonyl (C=O) groups excluding carboxylic acids is 1. The molecule has 3 N–H and O–H groups in total. The number of carbonyl (C=O) groups is 1. The van der Waals surface area contributed by atoms with Gasteiger partial charge in [-0.3, -0.25) is 0 Å². The molecule has 1 aromatic carbocycles. The van der Waals surface area contributed by atoms with Gasteiger partial charge in [-0.05, 0) is 43.6 Å². The van der Waals surface area contributed by atoms with Crippen molar-refractivity contribution in [2.75, 3.05) is 20.2 Å². The summed E-state index contributed by atoms with van der Waals surface area (Å²) in [6.07, 6.45) is 1.90. The molecule has 2 rings (SSSR count). The van der Waals surface area contributed by atoms with E-state index in [4.69, 9.17) is 10.5 Å². The van der Waals surface area contributed by atoms with Crippen LogP contribution in [0.5, 0.6) is 5.75 Å². The fraction of sp³-hybridized carbons (Fsp3) is 0.500. The first-order valence-corrected chi connectivity index (χ1v) is 6.60. The number of methoxy groups -OCH3 is 1. The first-order chi connectivity index (χ1) is 9.20. The third-order valence-corrected chi connectivity index (χ3v) is 3.52. The normalized spacial score (nSPS) is 16.1. The Balaban J connectivity index is 2.08. The van der Waals surface area contributed by atoms with Crippen LogP contribution in [0.3, 0.4) is 0 Å². The number of urea groups is 1. The minimum atomic E-state index is -0.352. The Labute approximate surface area is 113 Å². The average Bonchev–Trinajstić information content (AvgIpc) is 2.45. The molecule has 0 aliphatic carbocycles. The lowest BCUT2D eigenvalue weighted by Gasteiger charge is -2.33. The Morgan fingerprint density at radius 1 is 1.47 bits per heavy atom. The number of hydrogen-bond donors (Lipinski definition) is 2. The number of nitrogens with two attached hydrogens (primary N) is 1. The van der Waals surface area contributed by atoms with Crippen molar-refractivity contribution in [1.29, 1.82) is 0 Å². The number of rotatable bonds is 4. The smallest absolute Gasteiger partial charge is 0.315 e. The van der Waals surface area contributed by atoms with Crippen molar-refractivity contribution < 1.29 is 9.53 Å². The lowest BCUT2D eigenvalue weighted by atomic mass is 10.0. The predicted octanol–water partition coefficient (Wildman–Crippen LogP) is 1.33. The van der Waals surface area contributed by atoms with Crippen LogP contribution in [0.25, 0.3) is 0 Å². The molecule has 0 spiro atoms. The lowest BCUT2D eigenvalue weighted by molar-refractivity contribution is 0.162. The van der Waals surface area contributed by atoms with Gasteiger partial charge in [-0.25, -0.2) is 4.79 Å². The molecule has 5 heteroatoms. The zero-order chi connectivity index (χ0) is 13.7. The van der Waals surface area contributed by atoms with E-state index in [9.17, 15) is 4.79 Å². The summed E-state index contributed by atoms with van der Waals surface area (Å²) in [6, 6.07) is 7.62. The quantitative estimate of drug-likeness (QED) is 0.861. The number of hydrogen-bond acceptors (Lipinski definition) is 3. The standard InChI is InChI=1S/C14H21N3O2/c1-19-13-4-2-3-11(9-13)10-17(14(15)18)12-5-7-16-8-6-12/h2-4,9,12,16H,5-8,10H2,1H3,(H2,15,18). The Morgan fingerprint density at radius 3 is 2.84 bits per heavy atom. The van der Waals surface area contributed by atoms with Gasteiger partial charge in [0.2, 0.25) is 0 Å². The summed E-state index contributed by atoms with van der Waals surface area (Å²) in [7, 11) is 1.64. The fourth-order valence-corrected chi connectivity index (χ4v) is 2.47. The van der Waals surface area contributed by atoms with Crippen molar-refractivity contribution in [3.05, 3.63) is 29.8 Å². The van der Waals surface area contributed by atoms with Crippen LogP contribution >= 0.6 is 0 Å². The van der Waals surface area contributed by atoms with Gasteiger partial charge >= 0.3 is 6.03 Å². The highest BCUT2D eigenvalue weighted by molar-refractivity contribution is 5.72. The second kappa shape index (κ2) is 6.43. The third kappa shape index (κ3) is 3.61. The highest BCUT2D eigenvalue weighted by Gasteiger charge is 2.23. The minimum absolute atomic E-state index is 0.227. The van der Waals surface area contributed by atoms with E-state index in [2.05, 4.69) is 5.32 Å². The van der Waals surface area contributed by atoms with Crippen LogP contribution in [-0.4, -0.2) is 37.2 Å². The van der Waals surface area contributed by atoms with Crippen LogP contribution in [0.2, 0.25) is 0 Å². The number of nitrogens with zero attached hydrogens (tertiary/aromatic N) is 1. The molecule has 1 aliphatic heterocycles. The SMILES string of the molecule is COc1cccc(CN(C(N)=O)C2CCNCC2)c1. The molecule has 0 aromatic heterocycles. The van der Waals surface area contributed by atoms with E-state index < -0.39 is 0 Å². The number of ether oxygens (including phenoxy) is 1. The van der Waals surface area contributed by atoms with E-state index >= 15 is 0 Å². The summed E-state index contributed by atoms with van der Waals surface area (Å²) in [4.78, 5) is 13.4. The van der Waals surface area contributed by atoms with Crippen LogP contribution in [0.4, 0.5) is 4.79 Å². The van der Waals surface area contributed by atoms with Crippen LogP contribution in [-0.2, 0) is 6.54 Å². The molecule has 1 aliphatic rings. The van der Waals surface area contributed by atoms with E-state index in [0.29, 0.717) is 6.54 Å². The molecule has 1 saturated heterocycles. The molecule has 19 heavy (non-hydrogen) atoms. The van der Waals surface area contributed by atoms with Gasteiger partial charge in [0.05, 0.1) is 7.11 Å². The average molecular weight is 263 g/mol. The monoisotopic (exact) mass is 263 g/mol. The number of primary amides is 1. The van der Waals surface area contributed by atoms with Crippen LogP contribution in [0.1, 0.15) is 18.4 Å². The Hall–Kier alpha value is -1.75. The van der Waals surface area contributed by atoms with Crippen LogP contribution < -0.4 is 15.8 Å². The molecular weight excluding hydrogens is 242 g/mol. The van der Waals surface area contributed by atoms with Crippen molar-refractivity contribution in [2.45, 2.75) is 25.4 Å². The van der Waals surface area contributed by atoms with Gasteiger partial charge in [0.1, 0.15) is 5.75 Å². The van der Waals surface area contributed by atoms with Crippen LogP contribution in [0.15, 0.2) is 24.3 Å². The second-order valence-electron chi connectivity index (χ2n) is 4.80. The first kappa shape index (κ1) is 13.7. The molecular formula is C14H21N3O2. The maximum Gasteiger partial charge on any atom is 0.315 e. The molecule has 0 atom stereocenters. The Morgan fingerprint density at radius 2 is 2.21 bits per heavy atom.